The topological polar surface area (TPSA) is 95.3 Å². The fraction of sp³-hybridized carbons (Fsp3) is 0.385. The number of esters is 1. The van der Waals surface area contributed by atoms with Crippen LogP contribution in [0.3, 0.4) is 0 Å². The van der Waals surface area contributed by atoms with E-state index in [1.165, 1.54) is 17.3 Å². The molecule has 9 heteroatoms. The number of ether oxygens (including phenoxy) is 2. The van der Waals surface area contributed by atoms with Gasteiger partial charge in [0.2, 0.25) is 5.91 Å². The molecule has 1 atom stereocenters. The Bertz CT molecular complexity index is 1130. The van der Waals surface area contributed by atoms with Gasteiger partial charge in [0.1, 0.15) is 5.75 Å². The Labute approximate surface area is 210 Å². The number of hydrogen-bond donors (Lipinski definition) is 1. The third-order valence-electron chi connectivity index (χ3n) is 5.22. The van der Waals surface area contributed by atoms with Gasteiger partial charge in [0, 0.05) is 12.2 Å². The minimum Gasteiger partial charge on any atom is -0.483 e. The fourth-order valence-electron chi connectivity index (χ4n) is 3.39. The normalized spacial score (nSPS) is 11.7. The number of carbonyl (C=O) groups excluding carboxylic acids is 2. The maximum Gasteiger partial charge on any atom is 0.338 e. The first-order valence-corrected chi connectivity index (χ1v) is 12.8. The molecule has 8 nitrogen and oxygen atoms in total. The quantitative estimate of drug-likeness (QED) is 0.269. The molecular weight excluding hydrogens is 464 g/mol. The minimum absolute atomic E-state index is 0.149. The Morgan fingerprint density at radius 2 is 1.86 bits per heavy atom. The summed E-state index contributed by atoms with van der Waals surface area (Å²) in [7, 11) is 0. The molecule has 35 heavy (non-hydrogen) atoms. The lowest BCUT2D eigenvalue weighted by Crippen LogP contribution is -2.16. The Kier molecular flexibility index (Phi) is 9.72. The molecule has 0 bridgehead atoms. The number of hydrogen-bond acceptors (Lipinski definition) is 7. The van der Waals surface area contributed by atoms with E-state index in [-0.39, 0.29) is 17.8 Å². The summed E-state index contributed by atoms with van der Waals surface area (Å²) in [6, 6.07) is 14.7. The van der Waals surface area contributed by atoms with Crippen molar-refractivity contribution < 1.29 is 19.1 Å². The molecule has 1 heterocycles. The Hall–Kier alpha value is -3.33. The van der Waals surface area contributed by atoms with Gasteiger partial charge in [-0.1, -0.05) is 43.8 Å². The van der Waals surface area contributed by atoms with E-state index in [0.29, 0.717) is 35.4 Å². The standard InChI is InChI=1S/C26H32N4O4S/c1-5-15-33-25(32)20-9-8-10-21(16-20)27-23(31)17-35-26-29-28-24(30(26)7-3)18(4)34-22-13-11-19(6-2)12-14-22/h8-14,16,18H,5-7,15,17H2,1-4H3,(H,27,31)/t18-/m0/s1. The Balaban J connectivity index is 1.59. The van der Waals surface area contributed by atoms with Gasteiger partial charge in [0.25, 0.3) is 0 Å². The number of aryl methyl sites for hydroxylation is 1. The van der Waals surface area contributed by atoms with E-state index in [2.05, 4.69) is 34.6 Å². The Morgan fingerprint density at radius 1 is 1.09 bits per heavy atom. The lowest BCUT2D eigenvalue weighted by molar-refractivity contribution is -0.113. The molecule has 0 aliphatic heterocycles. The summed E-state index contributed by atoms with van der Waals surface area (Å²) in [4.78, 5) is 24.6. The zero-order valence-electron chi connectivity index (χ0n) is 20.6. The molecule has 3 aromatic rings. The van der Waals surface area contributed by atoms with Crippen molar-refractivity contribution in [2.45, 2.75) is 58.3 Å². The van der Waals surface area contributed by atoms with Gasteiger partial charge in [-0.25, -0.2) is 4.79 Å². The van der Waals surface area contributed by atoms with Crippen molar-refractivity contribution in [1.29, 1.82) is 0 Å². The first-order valence-electron chi connectivity index (χ1n) is 11.8. The van der Waals surface area contributed by atoms with Gasteiger partial charge < -0.3 is 19.4 Å². The number of nitrogens with one attached hydrogen (secondary N) is 1. The van der Waals surface area contributed by atoms with Gasteiger partial charge in [-0.2, -0.15) is 0 Å². The highest BCUT2D eigenvalue weighted by Crippen LogP contribution is 2.25. The molecule has 1 amide bonds. The monoisotopic (exact) mass is 496 g/mol. The molecule has 0 spiro atoms. The number of anilines is 1. The maximum atomic E-state index is 12.5. The molecular formula is C26H32N4O4S. The van der Waals surface area contributed by atoms with Crippen LogP contribution in [0, 0.1) is 0 Å². The second kappa shape index (κ2) is 12.9. The summed E-state index contributed by atoms with van der Waals surface area (Å²) in [6.07, 6.45) is 1.43. The van der Waals surface area contributed by atoms with Crippen LogP contribution in [0.25, 0.3) is 0 Å². The second-order valence-electron chi connectivity index (χ2n) is 7.90. The lowest BCUT2D eigenvalue weighted by atomic mass is 10.2. The van der Waals surface area contributed by atoms with Crippen molar-refractivity contribution in [2.24, 2.45) is 0 Å². The van der Waals surface area contributed by atoms with Crippen LogP contribution >= 0.6 is 11.8 Å². The van der Waals surface area contributed by atoms with E-state index in [9.17, 15) is 9.59 Å². The molecule has 3 rings (SSSR count). The van der Waals surface area contributed by atoms with Crippen LogP contribution in [0.2, 0.25) is 0 Å². The van der Waals surface area contributed by atoms with Crippen LogP contribution in [0.4, 0.5) is 5.69 Å². The predicted octanol–water partition coefficient (Wildman–Crippen LogP) is 5.30. The average molecular weight is 497 g/mol. The van der Waals surface area contributed by atoms with Gasteiger partial charge in [0.05, 0.1) is 17.9 Å². The van der Waals surface area contributed by atoms with Crippen LogP contribution in [-0.2, 0) is 22.5 Å². The highest BCUT2D eigenvalue weighted by atomic mass is 32.2. The Morgan fingerprint density at radius 3 is 2.54 bits per heavy atom. The summed E-state index contributed by atoms with van der Waals surface area (Å²) >= 11 is 1.30. The number of aromatic nitrogens is 3. The van der Waals surface area contributed by atoms with Crippen molar-refractivity contribution >= 4 is 29.3 Å². The zero-order chi connectivity index (χ0) is 25.2. The van der Waals surface area contributed by atoms with Crippen molar-refractivity contribution in [2.75, 3.05) is 17.7 Å². The van der Waals surface area contributed by atoms with E-state index in [4.69, 9.17) is 9.47 Å². The molecule has 0 fully saturated rings. The van der Waals surface area contributed by atoms with Crippen LogP contribution in [0.1, 0.15) is 62.0 Å². The summed E-state index contributed by atoms with van der Waals surface area (Å²) in [5.41, 5.74) is 2.19. The predicted molar refractivity (Wildman–Crippen MR) is 137 cm³/mol. The molecule has 186 valence electrons. The van der Waals surface area contributed by atoms with Crippen LogP contribution < -0.4 is 10.1 Å². The summed E-state index contributed by atoms with van der Waals surface area (Å²) in [5, 5.41) is 12.1. The SMILES string of the molecule is CCCOC(=O)c1cccc(NC(=O)CSc2nnc([C@H](C)Oc3ccc(CC)cc3)n2CC)c1. The van der Waals surface area contributed by atoms with E-state index >= 15 is 0 Å². The first kappa shape index (κ1) is 26.3. The third kappa shape index (κ3) is 7.32. The fourth-order valence-corrected chi connectivity index (χ4v) is 4.20. The van der Waals surface area contributed by atoms with Gasteiger partial charge in [-0.05, 0) is 62.6 Å². The highest BCUT2D eigenvalue weighted by molar-refractivity contribution is 7.99. The smallest absolute Gasteiger partial charge is 0.338 e. The molecule has 0 radical (unpaired) electrons. The molecule has 0 aliphatic rings. The molecule has 0 aliphatic carbocycles. The number of carbonyl (C=O) groups is 2. The summed E-state index contributed by atoms with van der Waals surface area (Å²) < 4.78 is 13.2. The van der Waals surface area contributed by atoms with Crippen LogP contribution in [0.5, 0.6) is 5.75 Å². The van der Waals surface area contributed by atoms with E-state index in [1.54, 1.807) is 24.3 Å². The van der Waals surface area contributed by atoms with E-state index < -0.39 is 5.97 Å². The number of thioether (sulfide) groups is 1. The van der Waals surface area contributed by atoms with Crippen molar-refractivity contribution in [3.05, 3.63) is 65.5 Å². The van der Waals surface area contributed by atoms with Crippen LogP contribution in [0.15, 0.2) is 53.7 Å². The molecule has 1 N–H and O–H groups in total. The van der Waals surface area contributed by atoms with Gasteiger partial charge in [-0.3, -0.25) is 4.79 Å². The summed E-state index contributed by atoms with van der Waals surface area (Å²) in [6.45, 7) is 9.00. The number of rotatable bonds is 12. The van der Waals surface area contributed by atoms with Crippen LogP contribution in [-0.4, -0.2) is 39.0 Å². The molecule has 2 aromatic carbocycles. The number of benzene rings is 2. The maximum absolute atomic E-state index is 12.5. The molecule has 0 saturated heterocycles. The molecule has 0 saturated carbocycles. The first-order chi connectivity index (χ1) is 16.9. The summed E-state index contributed by atoms with van der Waals surface area (Å²) in [5.74, 6) is 1.01. The second-order valence-corrected chi connectivity index (χ2v) is 8.84. The van der Waals surface area contributed by atoms with Gasteiger partial charge in [-0.15, -0.1) is 10.2 Å². The highest BCUT2D eigenvalue weighted by Gasteiger charge is 2.19. The van der Waals surface area contributed by atoms with Crippen molar-refractivity contribution in [3.63, 3.8) is 0 Å². The van der Waals surface area contributed by atoms with Gasteiger partial charge in [0.15, 0.2) is 17.1 Å². The molecule has 1 aromatic heterocycles. The van der Waals surface area contributed by atoms with Crippen molar-refractivity contribution in [3.8, 4) is 5.75 Å². The largest absolute Gasteiger partial charge is 0.483 e. The number of nitrogens with zero attached hydrogens (tertiary/aromatic N) is 3. The average Bonchev–Trinajstić information content (AvgIpc) is 3.29. The van der Waals surface area contributed by atoms with Crippen molar-refractivity contribution in [1.82, 2.24) is 14.8 Å². The lowest BCUT2D eigenvalue weighted by Gasteiger charge is -2.16. The molecule has 0 unspecified atom stereocenters. The zero-order valence-corrected chi connectivity index (χ0v) is 21.4. The minimum atomic E-state index is -0.404. The number of amides is 1. The van der Waals surface area contributed by atoms with Gasteiger partial charge >= 0.3 is 5.97 Å². The third-order valence-corrected chi connectivity index (χ3v) is 6.19. The van der Waals surface area contributed by atoms with E-state index in [0.717, 1.165) is 18.6 Å². The van der Waals surface area contributed by atoms with E-state index in [1.807, 2.05) is 37.5 Å².